The maximum absolute atomic E-state index is 3.98. The predicted molar refractivity (Wildman–Crippen MR) is 102 cm³/mol. The topological polar surface area (TPSA) is 28.7 Å². The molecule has 1 heterocycles. The molecule has 1 N–H and O–H groups in total. The van der Waals surface area contributed by atoms with Gasteiger partial charge < -0.3 is 0 Å². The molecule has 2 fully saturated rings. The Balaban J connectivity index is 0.000000190. The lowest BCUT2D eigenvalue weighted by Crippen LogP contribution is -2.19. The summed E-state index contributed by atoms with van der Waals surface area (Å²) in [6, 6.07) is 0. The number of aromatic nitrogens is 2. The van der Waals surface area contributed by atoms with Crippen LogP contribution in [-0.2, 0) is 12.8 Å². The van der Waals surface area contributed by atoms with Crippen molar-refractivity contribution < 1.29 is 0 Å². The summed E-state index contributed by atoms with van der Waals surface area (Å²) in [6.45, 7) is 8.00. The molecule has 0 radical (unpaired) electrons. The molecular weight excluding hydrogens is 280 g/mol. The first-order chi connectivity index (χ1) is 11.4. The summed E-state index contributed by atoms with van der Waals surface area (Å²) >= 11 is 0. The van der Waals surface area contributed by atoms with E-state index in [1.54, 1.807) is 25.7 Å². The van der Waals surface area contributed by atoms with Crippen LogP contribution >= 0.6 is 0 Å². The van der Waals surface area contributed by atoms with Crippen LogP contribution in [0.2, 0.25) is 0 Å². The van der Waals surface area contributed by atoms with Gasteiger partial charge in [-0.25, -0.2) is 0 Å². The molecule has 0 amide bonds. The van der Waals surface area contributed by atoms with Crippen LogP contribution in [0, 0.1) is 5.41 Å². The second-order valence-electron chi connectivity index (χ2n) is 6.85. The van der Waals surface area contributed by atoms with Crippen molar-refractivity contribution in [1.82, 2.24) is 10.2 Å². The van der Waals surface area contributed by atoms with E-state index < -0.39 is 0 Å². The monoisotopic (exact) mass is 320 g/mol. The molecule has 0 unspecified atom stereocenters. The van der Waals surface area contributed by atoms with Crippen molar-refractivity contribution in [2.45, 2.75) is 111 Å². The summed E-state index contributed by atoms with van der Waals surface area (Å²) in [5.74, 6) is 0. The van der Waals surface area contributed by atoms with E-state index in [2.05, 4.69) is 10.2 Å². The third kappa shape index (κ3) is 6.31. The molecule has 0 bridgehead atoms. The van der Waals surface area contributed by atoms with Gasteiger partial charge in [0.15, 0.2) is 0 Å². The van der Waals surface area contributed by atoms with Crippen LogP contribution in [0.4, 0.5) is 0 Å². The standard InChI is InChI=1S/C10H18.C7H10N2.2C2H6/c1-2-6-10(7-3-1)8-4-5-9-10;1-2-4-7-6(3-1)5-8-9-7;2*1-2/h1-9H2;5H,1-4H2,(H,8,9);2*1-2H3. The van der Waals surface area contributed by atoms with Crippen molar-refractivity contribution in [1.29, 1.82) is 0 Å². The Bertz CT molecular complexity index is 360. The molecule has 0 saturated heterocycles. The number of hydrogen-bond acceptors (Lipinski definition) is 1. The lowest BCUT2D eigenvalue weighted by Gasteiger charge is -2.32. The van der Waals surface area contributed by atoms with Crippen molar-refractivity contribution in [3.8, 4) is 0 Å². The molecule has 0 aliphatic heterocycles. The third-order valence-electron chi connectivity index (χ3n) is 5.51. The van der Waals surface area contributed by atoms with Gasteiger partial charge in [0, 0.05) is 5.69 Å². The van der Waals surface area contributed by atoms with Crippen molar-refractivity contribution in [3.05, 3.63) is 17.5 Å². The smallest absolute Gasteiger partial charge is 0.0522 e. The minimum Gasteiger partial charge on any atom is -0.282 e. The summed E-state index contributed by atoms with van der Waals surface area (Å²) < 4.78 is 0. The predicted octanol–water partition coefficient (Wildman–Crippen LogP) is 6.85. The molecule has 2 saturated carbocycles. The third-order valence-corrected chi connectivity index (χ3v) is 5.51. The highest BCUT2D eigenvalue weighted by atomic mass is 15.1. The largest absolute Gasteiger partial charge is 0.282 e. The molecule has 3 aliphatic rings. The van der Waals surface area contributed by atoms with E-state index in [9.17, 15) is 0 Å². The van der Waals surface area contributed by atoms with E-state index in [4.69, 9.17) is 0 Å². The van der Waals surface area contributed by atoms with Gasteiger partial charge in [-0.3, -0.25) is 5.10 Å². The summed E-state index contributed by atoms with van der Waals surface area (Å²) in [7, 11) is 0. The highest BCUT2D eigenvalue weighted by Crippen LogP contribution is 2.48. The maximum atomic E-state index is 3.98. The summed E-state index contributed by atoms with van der Waals surface area (Å²) in [4.78, 5) is 0. The van der Waals surface area contributed by atoms with E-state index >= 15 is 0 Å². The van der Waals surface area contributed by atoms with Crippen LogP contribution in [0.15, 0.2) is 6.20 Å². The van der Waals surface area contributed by atoms with Crippen LogP contribution in [0.1, 0.15) is 110 Å². The van der Waals surface area contributed by atoms with Gasteiger partial charge in [0.05, 0.1) is 6.20 Å². The number of aromatic amines is 1. The summed E-state index contributed by atoms with van der Waals surface area (Å²) in [6.07, 6.45) is 20.9. The van der Waals surface area contributed by atoms with Gasteiger partial charge in [0.25, 0.3) is 0 Å². The highest BCUT2D eigenvalue weighted by molar-refractivity contribution is 5.18. The van der Waals surface area contributed by atoms with Crippen LogP contribution < -0.4 is 0 Å². The number of aryl methyl sites for hydroxylation is 2. The van der Waals surface area contributed by atoms with Crippen LogP contribution in [0.25, 0.3) is 0 Å². The minimum atomic E-state index is 0.873. The number of fused-ring (bicyclic) bond motifs is 1. The van der Waals surface area contributed by atoms with Crippen molar-refractivity contribution in [2.75, 3.05) is 0 Å². The van der Waals surface area contributed by atoms with E-state index in [1.807, 2.05) is 33.9 Å². The average Bonchev–Trinajstić information content (AvgIpc) is 3.29. The zero-order valence-electron chi connectivity index (χ0n) is 16.2. The van der Waals surface area contributed by atoms with Gasteiger partial charge in [-0.2, -0.15) is 5.10 Å². The normalized spacial score (nSPS) is 20.9. The second-order valence-corrected chi connectivity index (χ2v) is 6.85. The van der Waals surface area contributed by atoms with Gasteiger partial charge in [-0.05, 0) is 62.3 Å². The van der Waals surface area contributed by atoms with Gasteiger partial charge in [0.1, 0.15) is 0 Å². The lowest BCUT2D eigenvalue weighted by molar-refractivity contribution is 0.197. The molecule has 2 nitrogen and oxygen atoms in total. The van der Waals surface area contributed by atoms with Crippen molar-refractivity contribution in [3.63, 3.8) is 0 Å². The summed E-state index contributed by atoms with van der Waals surface area (Å²) in [5.41, 5.74) is 3.67. The Kier molecular flexibility index (Phi) is 10.3. The van der Waals surface area contributed by atoms with Gasteiger partial charge in [-0.1, -0.05) is 59.8 Å². The molecular formula is C21H40N2. The van der Waals surface area contributed by atoms with Crippen molar-refractivity contribution in [2.24, 2.45) is 5.41 Å². The van der Waals surface area contributed by atoms with Crippen molar-refractivity contribution >= 4 is 0 Å². The Morgan fingerprint density at radius 2 is 1.26 bits per heavy atom. The fourth-order valence-corrected chi connectivity index (χ4v) is 4.31. The molecule has 0 aromatic carbocycles. The van der Waals surface area contributed by atoms with Crippen LogP contribution in [-0.4, -0.2) is 10.2 Å². The SMILES string of the molecule is C1CCC2(CC1)CCCC2.CC.CC.c1n[nH]c2c1CCCC2. The molecule has 1 spiro atoms. The zero-order chi connectivity index (χ0) is 17.0. The fraction of sp³-hybridized carbons (Fsp3) is 0.857. The van der Waals surface area contributed by atoms with Crippen LogP contribution in [0.5, 0.6) is 0 Å². The first-order valence-electron chi connectivity index (χ1n) is 10.4. The van der Waals surface area contributed by atoms with Gasteiger partial charge in [0.2, 0.25) is 0 Å². The fourth-order valence-electron chi connectivity index (χ4n) is 4.31. The highest BCUT2D eigenvalue weighted by Gasteiger charge is 2.34. The van der Waals surface area contributed by atoms with Gasteiger partial charge >= 0.3 is 0 Å². The molecule has 2 heteroatoms. The Hall–Kier alpha value is -0.790. The van der Waals surface area contributed by atoms with Gasteiger partial charge in [-0.15, -0.1) is 0 Å². The molecule has 1 aromatic heterocycles. The lowest BCUT2D eigenvalue weighted by atomic mass is 9.73. The van der Waals surface area contributed by atoms with E-state index in [1.165, 1.54) is 69.0 Å². The summed E-state index contributed by atoms with van der Waals surface area (Å²) in [5, 5.41) is 6.99. The number of hydrogen-bond donors (Lipinski definition) is 1. The Morgan fingerprint density at radius 1 is 0.739 bits per heavy atom. The van der Waals surface area contributed by atoms with E-state index in [0.717, 1.165) is 5.41 Å². The molecule has 1 aromatic rings. The molecule has 134 valence electrons. The minimum absolute atomic E-state index is 0.873. The molecule has 23 heavy (non-hydrogen) atoms. The Morgan fingerprint density at radius 3 is 1.83 bits per heavy atom. The average molecular weight is 321 g/mol. The van der Waals surface area contributed by atoms with E-state index in [-0.39, 0.29) is 0 Å². The first kappa shape index (κ1) is 20.3. The number of rotatable bonds is 0. The Labute approximate surface area is 144 Å². The maximum Gasteiger partial charge on any atom is 0.0522 e. The molecule has 4 rings (SSSR count). The number of nitrogens with zero attached hydrogens (tertiary/aromatic N) is 1. The number of nitrogens with one attached hydrogen (secondary N) is 1. The molecule has 3 aliphatic carbocycles. The first-order valence-corrected chi connectivity index (χ1v) is 10.4. The molecule has 0 atom stereocenters. The number of H-pyrrole nitrogens is 1. The quantitative estimate of drug-likeness (QED) is 0.556. The van der Waals surface area contributed by atoms with Crippen LogP contribution in [0.3, 0.4) is 0 Å². The second kappa shape index (κ2) is 11.7. The zero-order valence-corrected chi connectivity index (χ0v) is 16.2. The van der Waals surface area contributed by atoms with E-state index in [0.29, 0.717) is 0 Å².